The molecule has 1 saturated heterocycles. The molecule has 1 aliphatic rings. The van der Waals surface area contributed by atoms with Crippen molar-refractivity contribution in [3.63, 3.8) is 0 Å². The average Bonchev–Trinajstić information content (AvgIpc) is 2.64. The number of likely N-dealkylation sites (tertiary alicyclic amines) is 1. The summed E-state index contributed by atoms with van der Waals surface area (Å²) in [5, 5.41) is 3.36. The fraction of sp³-hybridized carbons (Fsp3) is 0.579. The van der Waals surface area contributed by atoms with Crippen molar-refractivity contribution in [3.05, 3.63) is 30.3 Å². The molecule has 0 bridgehead atoms. The summed E-state index contributed by atoms with van der Waals surface area (Å²) in [6.07, 6.45) is 1.63. The highest BCUT2D eigenvalue weighted by Crippen LogP contribution is 2.18. The molecule has 6 nitrogen and oxygen atoms in total. The van der Waals surface area contributed by atoms with Gasteiger partial charge in [0.05, 0.1) is 19.1 Å². The van der Waals surface area contributed by atoms with E-state index in [4.69, 9.17) is 9.47 Å². The van der Waals surface area contributed by atoms with Gasteiger partial charge in [-0.1, -0.05) is 18.2 Å². The van der Waals surface area contributed by atoms with Crippen molar-refractivity contribution in [2.24, 2.45) is 10.9 Å². The number of guanidine groups is 1. The van der Waals surface area contributed by atoms with Crippen LogP contribution < -0.4 is 10.1 Å². The molecule has 1 aromatic rings. The summed E-state index contributed by atoms with van der Waals surface area (Å²) >= 11 is 0. The molecule has 1 unspecified atom stereocenters. The van der Waals surface area contributed by atoms with Crippen LogP contribution in [0, 0.1) is 5.92 Å². The molecule has 1 fully saturated rings. The molecule has 2 rings (SSSR count). The van der Waals surface area contributed by atoms with Gasteiger partial charge in [-0.2, -0.15) is 0 Å². The van der Waals surface area contributed by atoms with Crippen LogP contribution in [0.15, 0.2) is 35.3 Å². The lowest BCUT2D eigenvalue weighted by atomic mass is 9.97. The first-order chi connectivity index (χ1) is 12.1. The first-order valence-electron chi connectivity index (χ1n) is 8.98. The van der Waals surface area contributed by atoms with Crippen molar-refractivity contribution in [2.45, 2.75) is 32.8 Å². The highest BCUT2D eigenvalue weighted by atomic mass is 127. The van der Waals surface area contributed by atoms with Crippen molar-refractivity contribution in [1.29, 1.82) is 0 Å². The van der Waals surface area contributed by atoms with Gasteiger partial charge in [-0.15, -0.1) is 24.0 Å². The zero-order valence-electron chi connectivity index (χ0n) is 15.8. The molecule has 0 spiro atoms. The third-order valence-electron chi connectivity index (χ3n) is 4.25. The molecule has 1 aliphatic heterocycles. The predicted octanol–water partition coefficient (Wildman–Crippen LogP) is 2.92. The topological polar surface area (TPSA) is 63.2 Å². The van der Waals surface area contributed by atoms with Crippen LogP contribution in [0.5, 0.6) is 5.75 Å². The zero-order valence-corrected chi connectivity index (χ0v) is 18.1. The number of nitrogens with one attached hydrogen (secondary N) is 1. The second kappa shape index (κ2) is 12.0. The van der Waals surface area contributed by atoms with E-state index in [1.807, 2.05) is 44.2 Å². The number of aliphatic imine (C=N–C) groups is 1. The quantitative estimate of drug-likeness (QED) is 0.297. The van der Waals surface area contributed by atoms with Crippen LogP contribution >= 0.6 is 24.0 Å². The normalized spacial score (nSPS) is 16.4. The molecule has 0 radical (unpaired) electrons. The summed E-state index contributed by atoms with van der Waals surface area (Å²) in [4.78, 5) is 18.4. The number of carbonyl (C=O) groups excluding carboxylic acids is 1. The number of piperidine rings is 1. The van der Waals surface area contributed by atoms with Gasteiger partial charge in [-0.25, -0.2) is 0 Å². The van der Waals surface area contributed by atoms with Crippen LogP contribution in [0.3, 0.4) is 0 Å². The monoisotopic (exact) mass is 475 g/mol. The third-order valence-corrected chi connectivity index (χ3v) is 4.25. The number of nitrogens with zero attached hydrogens (tertiary/aromatic N) is 2. The van der Waals surface area contributed by atoms with Crippen molar-refractivity contribution in [3.8, 4) is 5.75 Å². The van der Waals surface area contributed by atoms with E-state index in [1.165, 1.54) is 0 Å². The molecule has 1 heterocycles. The highest BCUT2D eigenvalue weighted by molar-refractivity contribution is 14.0. The van der Waals surface area contributed by atoms with Gasteiger partial charge >= 0.3 is 5.97 Å². The van der Waals surface area contributed by atoms with E-state index in [1.54, 1.807) is 7.05 Å². The van der Waals surface area contributed by atoms with Crippen LogP contribution in [0.4, 0.5) is 0 Å². The van der Waals surface area contributed by atoms with Crippen LogP contribution in [0.25, 0.3) is 0 Å². The third kappa shape index (κ3) is 7.01. The number of ether oxygens (including phenoxy) is 2. The van der Waals surface area contributed by atoms with E-state index in [-0.39, 0.29) is 42.0 Å². The van der Waals surface area contributed by atoms with Gasteiger partial charge in [-0.05, 0) is 38.8 Å². The fourth-order valence-corrected chi connectivity index (χ4v) is 2.93. The van der Waals surface area contributed by atoms with Gasteiger partial charge in [0, 0.05) is 20.1 Å². The number of rotatable bonds is 6. The number of benzene rings is 1. The summed E-state index contributed by atoms with van der Waals surface area (Å²) in [6, 6.07) is 9.79. The molecule has 1 atom stereocenters. The average molecular weight is 475 g/mol. The van der Waals surface area contributed by atoms with E-state index in [0.29, 0.717) is 13.2 Å². The van der Waals surface area contributed by atoms with Gasteiger partial charge in [0.1, 0.15) is 11.9 Å². The van der Waals surface area contributed by atoms with Crippen LogP contribution in [0.1, 0.15) is 26.7 Å². The lowest BCUT2D eigenvalue weighted by Crippen LogP contribution is -2.48. The molecule has 146 valence electrons. The molecule has 0 aromatic heterocycles. The lowest BCUT2D eigenvalue weighted by Gasteiger charge is -2.33. The first-order valence-corrected chi connectivity index (χ1v) is 8.98. The van der Waals surface area contributed by atoms with Crippen molar-refractivity contribution in [2.75, 3.05) is 33.3 Å². The number of halogens is 1. The Morgan fingerprint density at radius 1 is 1.31 bits per heavy atom. The maximum absolute atomic E-state index is 11.8. The Kier molecular flexibility index (Phi) is 10.4. The summed E-state index contributed by atoms with van der Waals surface area (Å²) in [5.74, 6) is 1.65. The molecule has 7 heteroatoms. The summed E-state index contributed by atoms with van der Waals surface area (Å²) in [5.41, 5.74) is 0. The van der Waals surface area contributed by atoms with Crippen molar-refractivity contribution < 1.29 is 14.3 Å². The summed E-state index contributed by atoms with van der Waals surface area (Å²) < 4.78 is 11.0. The van der Waals surface area contributed by atoms with E-state index in [9.17, 15) is 4.79 Å². The van der Waals surface area contributed by atoms with Crippen LogP contribution in [-0.2, 0) is 9.53 Å². The van der Waals surface area contributed by atoms with Gasteiger partial charge in [0.2, 0.25) is 0 Å². The maximum atomic E-state index is 11.8. The number of hydrogen-bond acceptors (Lipinski definition) is 4. The molecule has 0 amide bonds. The maximum Gasteiger partial charge on any atom is 0.309 e. The molecule has 0 aliphatic carbocycles. The smallest absolute Gasteiger partial charge is 0.309 e. The second-order valence-electron chi connectivity index (χ2n) is 6.18. The van der Waals surface area contributed by atoms with E-state index in [0.717, 1.165) is 37.6 Å². The lowest BCUT2D eigenvalue weighted by molar-refractivity contribution is -0.149. The van der Waals surface area contributed by atoms with Crippen LogP contribution in [0.2, 0.25) is 0 Å². The van der Waals surface area contributed by atoms with Gasteiger partial charge in [0.15, 0.2) is 5.96 Å². The van der Waals surface area contributed by atoms with Gasteiger partial charge in [-0.3, -0.25) is 9.79 Å². The molecular weight excluding hydrogens is 445 g/mol. The largest absolute Gasteiger partial charge is 0.489 e. The highest BCUT2D eigenvalue weighted by Gasteiger charge is 2.27. The van der Waals surface area contributed by atoms with Crippen LogP contribution in [-0.4, -0.2) is 56.2 Å². The SMILES string of the molecule is CCOC(=O)C1CCN(C(=NC)NCC(C)Oc2ccccc2)CC1.I. The zero-order chi connectivity index (χ0) is 18.1. The minimum Gasteiger partial charge on any atom is -0.489 e. The molecule has 1 aromatic carbocycles. The minimum atomic E-state index is -0.0741. The Hall–Kier alpha value is -1.51. The first kappa shape index (κ1) is 22.5. The Bertz CT molecular complexity index is 560. The number of esters is 1. The Balaban J connectivity index is 0.00000338. The predicted molar refractivity (Wildman–Crippen MR) is 114 cm³/mol. The van der Waals surface area contributed by atoms with Gasteiger partial charge < -0.3 is 19.7 Å². The molecular formula is C19H30IN3O3. The Morgan fingerprint density at radius 3 is 2.54 bits per heavy atom. The van der Waals surface area contributed by atoms with Crippen molar-refractivity contribution in [1.82, 2.24) is 10.2 Å². The second-order valence-corrected chi connectivity index (χ2v) is 6.18. The number of carbonyl (C=O) groups is 1. The molecule has 26 heavy (non-hydrogen) atoms. The fourth-order valence-electron chi connectivity index (χ4n) is 2.93. The molecule has 0 saturated carbocycles. The number of para-hydroxylation sites is 1. The number of hydrogen-bond donors (Lipinski definition) is 1. The van der Waals surface area contributed by atoms with E-state index >= 15 is 0 Å². The van der Waals surface area contributed by atoms with Gasteiger partial charge in [0.25, 0.3) is 0 Å². The Labute approximate surface area is 173 Å². The van der Waals surface area contributed by atoms with Crippen molar-refractivity contribution >= 4 is 35.9 Å². The summed E-state index contributed by atoms with van der Waals surface area (Å²) in [6.45, 7) is 6.59. The van der Waals surface area contributed by atoms with E-state index < -0.39 is 0 Å². The standard InChI is InChI=1S/C19H29N3O3.HI/c1-4-24-18(23)16-10-12-22(13-11-16)19(20-3)21-14-15(2)25-17-8-6-5-7-9-17;/h5-9,15-16H,4,10-14H2,1-3H3,(H,20,21);1H. The molecule has 1 N–H and O–H groups in total. The minimum absolute atomic E-state index is 0. The summed E-state index contributed by atoms with van der Waals surface area (Å²) in [7, 11) is 1.78. The Morgan fingerprint density at radius 2 is 1.96 bits per heavy atom. The van der Waals surface area contributed by atoms with E-state index in [2.05, 4.69) is 15.2 Å².